The third-order valence-corrected chi connectivity index (χ3v) is 5.22. The molecule has 6 nitrogen and oxygen atoms in total. The minimum Gasteiger partial charge on any atom is -0.353 e. The molecule has 1 aromatic carbocycles. The number of benzene rings is 1. The lowest BCUT2D eigenvalue weighted by molar-refractivity contribution is -0.129. The first-order valence-corrected chi connectivity index (χ1v) is 9.90. The van der Waals surface area contributed by atoms with Crippen LogP contribution in [0.4, 0.5) is 5.82 Å². The number of carbonyl (C=O) groups is 1. The number of nitriles is 1. The maximum atomic E-state index is 11.7. The van der Waals surface area contributed by atoms with E-state index in [9.17, 15) is 4.79 Å². The number of anilines is 1. The maximum absolute atomic E-state index is 11.7. The third-order valence-electron chi connectivity index (χ3n) is 4.98. The highest BCUT2D eigenvalue weighted by molar-refractivity contribution is 6.30. The second kappa shape index (κ2) is 9.03. The predicted molar refractivity (Wildman–Crippen MR) is 109 cm³/mol. The van der Waals surface area contributed by atoms with E-state index in [2.05, 4.69) is 22.9 Å². The van der Waals surface area contributed by atoms with Gasteiger partial charge in [-0.15, -0.1) is 0 Å². The predicted octanol–water partition coefficient (Wildman–Crippen LogP) is 3.02. The molecule has 0 spiro atoms. The fourth-order valence-electron chi connectivity index (χ4n) is 3.54. The van der Waals surface area contributed by atoms with Crippen LogP contribution in [0.2, 0.25) is 5.02 Å². The number of piperazine rings is 1. The Kier molecular flexibility index (Phi) is 6.48. The Bertz CT molecular complexity index is 900. The second-order valence-electron chi connectivity index (χ2n) is 6.88. The summed E-state index contributed by atoms with van der Waals surface area (Å²) < 4.78 is 0. The van der Waals surface area contributed by atoms with Crippen LogP contribution in [0.1, 0.15) is 36.5 Å². The SMILES string of the molecule is CCc1nc(CC#N)nc(N2CCN(C(C)=O)CC2)c1Cc1cccc(Cl)c1. The Labute approximate surface area is 170 Å². The van der Waals surface area contributed by atoms with E-state index in [0.29, 0.717) is 43.4 Å². The van der Waals surface area contributed by atoms with E-state index in [0.717, 1.165) is 29.1 Å². The fourth-order valence-corrected chi connectivity index (χ4v) is 3.75. The van der Waals surface area contributed by atoms with Crippen LogP contribution >= 0.6 is 11.6 Å². The highest BCUT2D eigenvalue weighted by atomic mass is 35.5. The summed E-state index contributed by atoms with van der Waals surface area (Å²) in [6.07, 6.45) is 1.63. The molecule has 0 aliphatic carbocycles. The highest BCUT2D eigenvalue weighted by Crippen LogP contribution is 2.27. The van der Waals surface area contributed by atoms with Gasteiger partial charge in [0.15, 0.2) is 0 Å². The molecule has 1 aliphatic heterocycles. The largest absolute Gasteiger partial charge is 0.353 e. The van der Waals surface area contributed by atoms with Crippen LogP contribution in [-0.4, -0.2) is 47.0 Å². The zero-order chi connectivity index (χ0) is 20.1. The van der Waals surface area contributed by atoms with Crippen molar-refractivity contribution in [2.45, 2.75) is 33.1 Å². The number of rotatable bonds is 5. The van der Waals surface area contributed by atoms with E-state index in [4.69, 9.17) is 21.8 Å². The second-order valence-corrected chi connectivity index (χ2v) is 7.31. The van der Waals surface area contributed by atoms with Gasteiger partial charge in [-0.05, 0) is 24.1 Å². The molecule has 146 valence electrons. The number of aromatic nitrogens is 2. The molecule has 0 saturated carbocycles. The monoisotopic (exact) mass is 397 g/mol. The number of nitrogens with zero attached hydrogens (tertiary/aromatic N) is 5. The van der Waals surface area contributed by atoms with Crippen molar-refractivity contribution in [2.75, 3.05) is 31.1 Å². The Morgan fingerprint density at radius 1 is 1.25 bits per heavy atom. The average molecular weight is 398 g/mol. The lowest BCUT2D eigenvalue weighted by Gasteiger charge is -2.36. The van der Waals surface area contributed by atoms with Gasteiger partial charge in [-0.25, -0.2) is 9.97 Å². The van der Waals surface area contributed by atoms with Gasteiger partial charge in [-0.2, -0.15) is 5.26 Å². The van der Waals surface area contributed by atoms with E-state index < -0.39 is 0 Å². The van der Waals surface area contributed by atoms with Gasteiger partial charge in [0.2, 0.25) is 5.91 Å². The average Bonchev–Trinajstić information content (AvgIpc) is 2.69. The van der Waals surface area contributed by atoms with Gasteiger partial charge in [0, 0.05) is 55.8 Å². The molecule has 0 bridgehead atoms. The van der Waals surface area contributed by atoms with Crippen LogP contribution in [0, 0.1) is 11.3 Å². The Morgan fingerprint density at radius 2 is 2.00 bits per heavy atom. The molecule has 1 fully saturated rings. The van der Waals surface area contributed by atoms with E-state index in [1.54, 1.807) is 6.92 Å². The molecule has 0 N–H and O–H groups in total. The molecular formula is C21H24ClN5O. The number of halogens is 1. The molecule has 2 aromatic rings. The van der Waals surface area contributed by atoms with Crippen LogP contribution in [0.15, 0.2) is 24.3 Å². The van der Waals surface area contributed by atoms with E-state index in [1.807, 2.05) is 29.2 Å². The van der Waals surface area contributed by atoms with Crippen molar-refractivity contribution in [2.24, 2.45) is 0 Å². The summed E-state index contributed by atoms with van der Waals surface area (Å²) >= 11 is 6.17. The Hall–Kier alpha value is -2.65. The molecule has 1 aliphatic rings. The molecule has 1 saturated heterocycles. The summed E-state index contributed by atoms with van der Waals surface area (Å²) in [4.78, 5) is 25.1. The van der Waals surface area contributed by atoms with Gasteiger partial charge in [0.1, 0.15) is 11.6 Å². The number of aryl methyl sites for hydroxylation is 1. The molecule has 3 rings (SSSR count). The third kappa shape index (κ3) is 4.60. The summed E-state index contributed by atoms with van der Waals surface area (Å²) in [5.74, 6) is 1.53. The summed E-state index contributed by atoms with van der Waals surface area (Å²) in [6.45, 7) is 6.45. The van der Waals surface area contributed by atoms with Crippen molar-refractivity contribution >= 4 is 23.3 Å². The topological polar surface area (TPSA) is 73.1 Å². The zero-order valence-corrected chi connectivity index (χ0v) is 17.0. The molecule has 0 radical (unpaired) electrons. The summed E-state index contributed by atoms with van der Waals surface area (Å²) in [6, 6.07) is 9.96. The number of hydrogen-bond donors (Lipinski definition) is 0. The highest BCUT2D eigenvalue weighted by Gasteiger charge is 2.24. The molecule has 28 heavy (non-hydrogen) atoms. The van der Waals surface area contributed by atoms with E-state index >= 15 is 0 Å². The Balaban J connectivity index is 1.99. The van der Waals surface area contributed by atoms with Gasteiger partial charge in [0.05, 0.1) is 12.5 Å². The van der Waals surface area contributed by atoms with Gasteiger partial charge in [-0.3, -0.25) is 4.79 Å². The molecule has 1 amide bonds. The number of amides is 1. The lowest BCUT2D eigenvalue weighted by atomic mass is 10.0. The standard InChI is InChI=1S/C21H24ClN5O/c1-3-19-18(14-16-5-4-6-17(22)13-16)21(25-20(24-19)7-8-23)27-11-9-26(10-12-27)15(2)28/h4-6,13H,3,7,9-12,14H2,1-2H3. The fraction of sp³-hybridized carbons (Fsp3) is 0.429. The molecule has 7 heteroatoms. The first-order chi connectivity index (χ1) is 13.5. The van der Waals surface area contributed by atoms with Crippen LogP contribution in [-0.2, 0) is 24.1 Å². The van der Waals surface area contributed by atoms with Crippen LogP contribution < -0.4 is 4.90 Å². The quantitative estimate of drug-likeness (QED) is 0.775. The zero-order valence-electron chi connectivity index (χ0n) is 16.3. The van der Waals surface area contributed by atoms with Crippen molar-refractivity contribution in [1.82, 2.24) is 14.9 Å². The van der Waals surface area contributed by atoms with Crippen LogP contribution in [0.25, 0.3) is 0 Å². The minimum absolute atomic E-state index is 0.0981. The van der Waals surface area contributed by atoms with Gasteiger partial charge < -0.3 is 9.80 Å². The van der Waals surface area contributed by atoms with Crippen molar-refractivity contribution in [1.29, 1.82) is 5.26 Å². The van der Waals surface area contributed by atoms with Crippen molar-refractivity contribution in [3.8, 4) is 6.07 Å². The first kappa shape index (κ1) is 20.1. The maximum Gasteiger partial charge on any atom is 0.219 e. The van der Waals surface area contributed by atoms with Crippen molar-refractivity contribution in [3.63, 3.8) is 0 Å². The normalized spacial score (nSPS) is 14.1. The summed E-state index contributed by atoms with van der Waals surface area (Å²) in [5, 5.41) is 9.82. The van der Waals surface area contributed by atoms with E-state index in [-0.39, 0.29) is 12.3 Å². The minimum atomic E-state index is 0.0981. The molecule has 0 atom stereocenters. The van der Waals surface area contributed by atoms with Gasteiger partial charge in [0.25, 0.3) is 0 Å². The van der Waals surface area contributed by atoms with Gasteiger partial charge in [-0.1, -0.05) is 30.7 Å². The molecule has 1 aromatic heterocycles. The van der Waals surface area contributed by atoms with E-state index in [1.165, 1.54) is 0 Å². The molecule has 2 heterocycles. The van der Waals surface area contributed by atoms with Crippen molar-refractivity contribution in [3.05, 3.63) is 51.9 Å². The molecular weight excluding hydrogens is 374 g/mol. The summed E-state index contributed by atoms with van der Waals surface area (Å²) in [7, 11) is 0. The van der Waals surface area contributed by atoms with Crippen LogP contribution in [0.5, 0.6) is 0 Å². The van der Waals surface area contributed by atoms with Crippen molar-refractivity contribution < 1.29 is 4.79 Å². The first-order valence-electron chi connectivity index (χ1n) is 9.52. The number of hydrogen-bond acceptors (Lipinski definition) is 5. The van der Waals surface area contributed by atoms with Gasteiger partial charge >= 0.3 is 0 Å². The Morgan fingerprint density at radius 3 is 2.61 bits per heavy atom. The summed E-state index contributed by atoms with van der Waals surface area (Å²) in [5.41, 5.74) is 3.13. The lowest BCUT2D eigenvalue weighted by Crippen LogP contribution is -2.48. The molecule has 0 unspecified atom stereocenters. The van der Waals surface area contributed by atoms with Crippen LogP contribution in [0.3, 0.4) is 0 Å². The smallest absolute Gasteiger partial charge is 0.219 e. The number of carbonyl (C=O) groups excluding carboxylic acids is 1.